The van der Waals surface area contributed by atoms with E-state index < -0.39 is 0 Å². The zero-order valence-electron chi connectivity index (χ0n) is 9.02. The van der Waals surface area contributed by atoms with Crippen molar-refractivity contribution >= 4 is 7.85 Å². The highest BCUT2D eigenvalue weighted by molar-refractivity contribution is 6.08. The molecule has 0 saturated carbocycles. The highest BCUT2D eigenvalue weighted by Gasteiger charge is 2.13. The Balaban J connectivity index is 3.14. The Kier molecular flexibility index (Phi) is 2.85. The monoisotopic (exact) mass is 172 g/mol. The summed E-state index contributed by atoms with van der Waals surface area (Å²) < 4.78 is 0. The van der Waals surface area contributed by atoms with Crippen LogP contribution in [0.25, 0.3) is 0 Å². The summed E-state index contributed by atoms with van der Waals surface area (Å²) in [6.45, 7) is 8.77. The third kappa shape index (κ3) is 2.36. The van der Waals surface area contributed by atoms with Gasteiger partial charge in [0.15, 0.2) is 0 Å². The lowest BCUT2D eigenvalue weighted by molar-refractivity contribution is 0.589. The van der Waals surface area contributed by atoms with Crippen LogP contribution in [0.5, 0.6) is 0 Å². The first-order valence-electron chi connectivity index (χ1n) is 4.75. The summed E-state index contributed by atoms with van der Waals surface area (Å²) in [4.78, 5) is 0. The molecule has 1 aromatic rings. The minimum Gasteiger partial charge on any atom is -0.0641 e. The van der Waals surface area contributed by atoms with Crippen molar-refractivity contribution in [2.45, 2.75) is 39.4 Å². The van der Waals surface area contributed by atoms with Crippen molar-refractivity contribution in [1.29, 1.82) is 0 Å². The molecule has 0 saturated heterocycles. The van der Waals surface area contributed by atoms with E-state index in [0.29, 0.717) is 6.32 Å². The van der Waals surface area contributed by atoms with Crippen LogP contribution in [0.4, 0.5) is 0 Å². The maximum atomic E-state index is 5.66. The molecule has 0 aliphatic carbocycles. The van der Waals surface area contributed by atoms with Gasteiger partial charge in [-0.15, -0.1) is 0 Å². The number of hydrogen-bond acceptors (Lipinski definition) is 0. The molecule has 0 aromatic heterocycles. The van der Waals surface area contributed by atoms with Gasteiger partial charge in [0.1, 0.15) is 0 Å². The van der Waals surface area contributed by atoms with Gasteiger partial charge in [0, 0.05) is 0 Å². The molecule has 0 bridgehead atoms. The van der Waals surface area contributed by atoms with Gasteiger partial charge in [-0.25, -0.2) is 0 Å². The summed E-state index contributed by atoms with van der Waals surface area (Å²) in [5, 5.41) is 0. The normalized spacial score (nSPS) is 11.7. The minimum absolute atomic E-state index is 0.220. The van der Waals surface area contributed by atoms with E-state index in [9.17, 15) is 0 Å². The quantitative estimate of drug-likeness (QED) is 0.571. The number of aryl methyl sites for hydroxylation is 1. The maximum absolute atomic E-state index is 5.66. The molecule has 68 valence electrons. The first-order chi connectivity index (χ1) is 5.95. The van der Waals surface area contributed by atoms with E-state index in [0.717, 1.165) is 0 Å². The number of benzene rings is 1. The SMILES string of the molecule is [B]Cc1cc(C(C)(C)C)ccc1C. The van der Waals surface area contributed by atoms with Crippen LogP contribution in [-0.4, -0.2) is 7.85 Å². The molecule has 0 aliphatic heterocycles. The number of hydrogen-bond donors (Lipinski definition) is 0. The Morgan fingerprint density at radius 1 is 1.23 bits per heavy atom. The molecule has 0 nitrogen and oxygen atoms in total. The Morgan fingerprint density at radius 3 is 2.31 bits per heavy atom. The second-order valence-corrected chi connectivity index (χ2v) is 4.60. The summed E-state index contributed by atoms with van der Waals surface area (Å²) in [7, 11) is 5.66. The Bertz CT molecular complexity index is 294. The second-order valence-electron chi connectivity index (χ2n) is 4.60. The van der Waals surface area contributed by atoms with Gasteiger partial charge < -0.3 is 0 Å². The fourth-order valence-corrected chi connectivity index (χ4v) is 1.36. The Morgan fingerprint density at radius 2 is 1.85 bits per heavy atom. The molecule has 13 heavy (non-hydrogen) atoms. The van der Waals surface area contributed by atoms with Crippen LogP contribution in [0, 0.1) is 6.92 Å². The van der Waals surface area contributed by atoms with E-state index in [1.807, 2.05) is 0 Å². The molecular formula is C12H17B. The second kappa shape index (κ2) is 3.57. The van der Waals surface area contributed by atoms with Crippen LogP contribution in [0.1, 0.15) is 37.5 Å². The predicted octanol–water partition coefficient (Wildman–Crippen LogP) is 2.96. The molecule has 0 spiro atoms. The third-order valence-corrected chi connectivity index (χ3v) is 2.44. The smallest absolute Gasteiger partial charge is 0.0641 e. The van der Waals surface area contributed by atoms with E-state index in [4.69, 9.17) is 7.85 Å². The van der Waals surface area contributed by atoms with Crippen LogP contribution in [0.3, 0.4) is 0 Å². The third-order valence-electron chi connectivity index (χ3n) is 2.44. The molecule has 1 aromatic carbocycles. The lowest BCUT2D eigenvalue weighted by Gasteiger charge is -2.20. The van der Waals surface area contributed by atoms with Crippen molar-refractivity contribution in [3.8, 4) is 0 Å². The molecule has 0 unspecified atom stereocenters. The summed E-state index contributed by atoms with van der Waals surface area (Å²) in [6.07, 6.45) is 0.635. The van der Waals surface area contributed by atoms with Crippen molar-refractivity contribution in [2.75, 3.05) is 0 Å². The lowest BCUT2D eigenvalue weighted by atomic mass is 9.83. The number of rotatable bonds is 1. The van der Waals surface area contributed by atoms with Gasteiger partial charge in [0.05, 0.1) is 7.85 Å². The summed E-state index contributed by atoms with van der Waals surface area (Å²) in [5.41, 5.74) is 4.12. The molecule has 0 atom stereocenters. The van der Waals surface area contributed by atoms with E-state index in [1.165, 1.54) is 16.7 Å². The standard InChI is InChI=1S/C12H17B/c1-9-5-6-11(12(2,3)4)7-10(9)8-13/h5-7H,8H2,1-4H3. The lowest BCUT2D eigenvalue weighted by Crippen LogP contribution is -2.11. The molecule has 0 aliphatic rings. The molecular weight excluding hydrogens is 155 g/mol. The fourth-order valence-electron chi connectivity index (χ4n) is 1.36. The summed E-state index contributed by atoms with van der Waals surface area (Å²) in [5.74, 6) is 0. The van der Waals surface area contributed by atoms with Crippen LogP contribution in [0.15, 0.2) is 18.2 Å². The van der Waals surface area contributed by atoms with E-state index >= 15 is 0 Å². The molecule has 0 amide bonds. The fraction of sp³-hybridized carbons (Fsp3) is 0.500. The Labute approximate surface area is 82.8 Å². The van der Waals surface area contributed by atoms with E-state index in [-0.39, 0.29) is 5.41 Å². The molecule has 0 fully saturated rings. The van der Waals surface area contributed by atoms with Gasteiger partial charge in [-0.05, 0) is 23.5 Å². The largest absolute Gasteiger partial charge is 0.0716 e. The van der Waals surface area contributed by atoms with Crippen molar-refractivity contribution in [2.24, 2.45) is 0 Å². The van der Waals surface area contributed by atoms with E-state index in [1.54, 1.807) is 0 Å². The van der Waals surface area contributed by atoms with Crippen LogP contribution in [-0.2, 0) is 11.7 Å². The van der Waals surface area contributed by atoms with Gasteiger partial charge >= 0.3 is 0 Å². The van der Waals surface area contributed by atoms with Crippen LogP contribution in [0.2, 0.25) is 0 Å². The average Bonchev–Trinajstić information content (AvgIpc) is 2.03. The van der Waals surface area contributed by atoms with Crippen molar-refractivity contribution in [3.63, 3.8) is 0 Å². The van der Waals surface area contributed by atoms with Gasteiger partial charge in [0.2, 0.25) is 0 Å². The van der Waals surface area contributed by atoms with Gasteiger partial charge in [0.25, 0.3) is 0 Å². The molecule has 1 rings (SSSR count). The first kappa shape index (κ1) is 10.4. The van der Waals surface area contributed by atoms with Gasteiger partial charge in [-0.2, -0.15) is 0 Å². The minimum atomic E-state index is 0.220. The van der Waals surface area contributed by atoms with Gasteiger partial charge in [-0.1, -0.05) is 50.9 Å². The van der Waals surface area contributed by atoms with Crippen molar-refractivity contribution < 1.29 is 0 Å². The molecule has 0 N–H and O–H groups in total. The van der Waals surface area contributed by atoms with Crippen molar-refractivity contribution in [3.05, 3.63) is 34.9 Å². The summed E-state index contributed by atoms with van der Waals surface area (Å²) >= 11 is 0. The first-order valence-corrected chi connectivity index (χ1v) is 4.75. The maximum Gasteiger partial charge on any atom is 0.0716 e. The van der Waals surface area contributed by atoms with Crippen LogP contribution >= 0.6 is 0 Å². The predicted molar refractivity (Wildman–Crippen MR) is 59.3 cm³/mol. The molecule has 1 heteroatoms. The van der Waals surface area contributed by atoms with E-state index in [2.05, 4.69) is 45.9 Å². The molecule has 2 radical (unpaired) electrons. The average molecular weight is 172 g/mol. The zero-order valence-corrected chi connectivity index (χ0v) is 9.02. The highest BCUT2D eigenvalue weighted by Crippen LogP contribution is 2.24. The topological polar surface area (TPSA) is 0 Å². The molecule has 0 heterocycles. The Hall–Kier alpha value is -0.715. The summed E-state index contributed by atoms with van der Waals surface area (Å²) in [6, 6.07) is 6.56. The van der Waals surface area contributed by atoms with Crippen molar-refractivity contribution in [1.82, 2.24) is 0 Å². The zero-order chi connectivity index (χ0) is 10.1. The van der Waals surface area contributed by atoms with Crippen LogP contribution < -0.4 is 0 Å². The van der Waals surface area contributed by atoms with Gasteiger partial charge in [-0.3, -0.25) is 0 Å². The highest BCUT2D eigenvalue weighted by atomic mass is 14.2.